The van der Waals surface area contributed by atoms with E-state index in [1.165, 1.54) is 6.20 Å². The lowest BCUT2D eigenvalue weighted by Gasteiger charge is -2.07. The number of rotatable bonds is 4. The summed E-state index contributed by atoms with van der Waals surface area (Å²) in [5.74, 6) is 0.337. The molecule has 1 rings (SSSR count). The van der Waals surface area contributed by atoms with Crippen molar-refractivity contribution in [2.45, 2.75) is 13.3 Å². The molecule has 7 heteroatoms. The van der Waals surface area contributed by atoms with E-state index in [0.29, 0.717) is 16.6 Å². The van der Waals surface area contributed by atoms with Crippen molar-refractivity contribution in [3.8, 4) is 0 Å². The maximum absolute atomic E-state index is 11.4. The van der Waals surface area contributed by atoms with Gasteiger partial charge >= 0.3 is 0 Å². The highest BCUT2D eigenvalue weighted by atomic mass is 79.9. The van der Waals surface area contributed by atoms with Gasteiger partial charge in [0.15, 0.2) is 5.82 Å². The van der Waals surface area contributed by atoms with Crippen LogP contribution in [0.5, 0.6) is 0 Å². The van der Waals surface area contributed by atoms with Gasteiger partial charge in [-0.05, 0) is 28.4 Å². The van der Waals surface area contributed by atoms with Crippen molar-refractivity contribution in [1.82, 2.24) is 4.98 Å². The first-order valence-corrected chi connectivity index (χ1v) is 6.80. The molecule has 5 nitrogen and oxygen atoms in total. The standard InChI is InChI=1S/C8H12BrN3O2S/c1-2-3-15(13,14)12-8-7(9)4-6(10)5-11-8/h4-5H,2-3,10H2,1H3,(H,11,12). The fraction of sp³-hybridized carbons (Fsp3) is 0.375. The van der Waals surface area contributed by atoms with Gasteiger partial charge in [-0.3, -0.25) is 4.72 Å². The minimum atomic E-state index is -3.30. The van der Waals surface area contributed by atoms with Crippen LogP contribution < -0.4 is 10.5 Å². The van der Waals surface area contributed by atoms with E-state index in [9.17, 15) is 8.42 Å². The third-order valence-corrected chi connectivity index (χ3v) is 3.64. The highest BCUT2D eigenvalue weighted by Crippen LogP contribution is 2.22. The normalized spacial score (nSPS) is 11.3. The molecule has 84 valence electrons. The molecule has 0 saturated heterocycles. The van der Waals surface area contributed by atoms with Gasteiger partial charge in [-0.2, -0.15) is 0 Å². The zero-order valence-electron chi connectivity index (χ0n) is 8.20. The summed E-state index contributed by atoms with van der Waals surface area (Å²) in [6, 6.07) is 1.59. The molecule has 0 aliphatic carbocycles. The molecule has 0 amide bonds. The SMILES string of the molecule is CCCS(=O)(=O)Nc1ncc(N)cc1Br. The van der Waals surface area contributed by atoms with Gasteiger partial charge < -0.3 is 5.73 Å². The van der Waals surface area contributed by atoms with E-state index in [2.05, 4.69) is 25.6 Å². The van der Waals surface area contributed by atoms with Gasteiger partial charge in [-0.25, -0.2) is 13.4 Å². The van der Waals surface area contributed by atoms with Gasteiger partial charge in [-0.15, -0.1) is 0 Å². The highest BCUT2D eigenvalue weighted by molar-refractivity contribution is 9.10. The molecule has 0 unspecified atom stereocenters. The summed E-state index contributed by atoms with van der Waals surface area (Å²) in [6.45, 7) is 1.80. The van der Waals surface area contributed by atoms with Gasteiger partial charge in [0, 0.05) is 0 Å². The third-order valence-electron chi connectivity index (χ3n) is 1.59. The summed E-state index contributed by atoms with van der Waals surface area (Å²) in [6.07, 6.45) is 1.95. The van der Waals surface area contributed by atoms with Gasteiger partial charge in [0.05, 0.1) is 22.1 Å². The van der Waals surface area contributed by atoms with Crippen LogP contribution >= 0.6 is 15.9 Å². The first kappa shape index (κ1) is 12.3. The van der Waals surface area contributed by atoms with Crippen LogP contribution in [0.15, 0.2) is 16.7 Å². The molecule has 0 aromatic carbocycles. The van der Waals surface area contributed by atoms with E-state index in [1.807, 2.05) is 0 Å². The highest BCUT2D eigenvalue weighted by Gasteiger charge is 2.11. The molecule has 1 aromatic heterocycles. The topological polar surface area (TPSA) is 85.1 Å². The minimum Gasteiger partial charge on any atom is -0.397 e. The second-order valence-electron chi connectivity index (χ2n) is 3.02. The second kappa shape index (κ2) is 4.80. The zero-order valence-corrected chi connectivity index (χ0v) is 10.6. The number of aromatic nitrogens is 1. The summed E-state index contributed by atoms with van der Waals surface area (Å²) in [4.78, 5) is 3.88. The molecule has 0 saturated carbocycles. The fourth-order valence-electron chi connectivity index (χ4n) is 0.995. The van der Waals surface area contributed by atoms with E-state index in [4.69, 9.17) is 5.73 Å². The summed E-state index contributed by atoms with van der Waals surface area (Å²) in [7, 11) is -3.30. The monoisotopic (exact) mass is 293 g/mol. The molecule has 0 atom stereocenters. The third kappa shape index (κ3) is 3.67. The first-order chi connectivity index (χ1) is 6.94. The number of nitrogens with two attached hydrogens (primary N) is 1. The van der Waals surface area contributed by atoms with Crippen molar-refractivity contribution in [3.63, 3.8) is 0 Å². The predicted molar refractivity (Wildman–Crippen MR) is 64.0 cm³/mol. The van der Waals surface area contributed by atoms with Crippen molar-refractivity contribution in [1.29, 1.82) is 0 Å². The molecule has 3 N–H and O–H groups in total. The maximum atomic E-state index is 11.4. The number of nitrogen functional groups attached to an aromatic ring is 1. The molecule has 0 spiro atoms. The number of nitrogens with zero attached hydrogens (tertiary/aromatic N) is 1. The largest absolute Gasteiger partial charge is 0.397 e. The summed E-state index contributed by atoms with van der Waals surface area (Å²) < 4.78 is 25.8. The molecule has 15 heavy (non-hydrogen) atoms. The number of sulfonamides is 1. The summed E-state index contributed by atoms with van der Waals surface area (Å²) in [5.41, 5.74) is 5.95. The number of halogens is 1. The lowest BCUT2D eigenvalue weighted by Crippen LogP contribution is -2.17. The molecule has 1 heterocycles. The fourth-order valence-corrected chi connectivity index (χ4v) is 2.69. The van der Waals surface area contributed by atoms with E-state index >= 15 is 0 Å². The van der Waals surface area contributed by atoms with E-state index in [1.54, 1.807) is 13.0 Å². The van der Waals surface area contributed by atoms with Crippen LogP contribution in [0.2, 0.25) is 0 Å². The van der Waals surface area contributed by atoms with Crippen molar-refractivity contribution in [3.05, 3.63) is 16.7 Å². The molecule has 1 aromatic rings. The molecule has 0 fully saturated rings. The van der Waals surface area contributed by atoms with Crippen molar-refractivity contribution in [2.75, 3.05) is 16.2 Å². The molecule has 0 bridgehead atoms. The Labute approximate surface area is 97.3 Å². The van der Waals surface area contributed by atoms with Gasteiger partial charge in [0.2, 0.25) is 10.0 Å². The van der Waals surface area contributed by atoms with Crippen LogP contribution in [0.3, 0.4) is 0 Å². The Morgan fingerprint density at radius 3 is 2.80 bits per heavy atom. The Hall–Kier alpha value is -0.820. The van der Waals surface area contributed by atoms with E-state index in [0.717, 1.165) is 0 Å². The minimum absolute atomic E-state index is 0.0749. The van der Waals surface area contributed by atoms with Crippen LogP contribution in [0.1, 0.15) is 13.3 Å². The lowest BCUT2D eigenvalue weighted by atomic mass is 10.4. The number of hydrogen-bond donors (Lipinski definition) is 2. The second-order valence-corrected chi connectivity index (χ2v) is 5.72. The lowest BCUT2D eigenvalue weighted by molar-refractivity contribution is 0.599. The number of hydrogen-bond acceptors (Lipinski definition) is 4. The Bertz CT molecular complexity index is 447. The van der Waals surface area contributed by atoms with Crippen molar-refractivity contribution >= 4 is 37.5 Å². The first-order valence-electron chi connectivity index (χ1n) is 4.36. The molecular formula is C8H12BrN3O2S. The van der Waals surface area contributed by atoms with E-state index in [-0.39, 0.29) is 11.6 Å². The van der Waals surface area contributed by atoms with Gasteiger partial charge in [-0.1, -0.05) is 6.92 Å². The Kier molecular flexibility index (Phi) is 3.92. The molecule has 0 radical (unpaired) electrons. The average molecular weight is 294 g/mol. The van der Waals surface area contributed by atoms with Crippen LogP contribution in [0.4, 0.5) is 11.5 Å². The van der Waals surface area contributed by atoms with Crippen molar-refractivity contribution in [2.24, 2.45) is 0 Å². The molecular weight excluding hydrogens is 282 g/mol. The Morgan fingerprint density at radius 1 is 1.60 bits per heavy atom. The quantitative estimate of drug-likeness (QED) is 0.883. The molecule has 0 aliphatic heterocycles. The van der Waals surface area contributed by atoms with Crippen LogP contribution in [-0.2, 0) is 10.0 Å². The number of pyridine rings is 1. The summed E-state index contributed by atoms with van der Waals surface area (Å²) >= 11 is 3.18. The Balaban J connectivity index is 2.90. The van der Waals surface area contributed by atoms with Crippen LogP contribution in [0.25, 0.3) is 0 Å². The Morgan fingerprint density at radius 2 is 2.27 bits per heavy atom. The zero-order chi connectivity index (χ0) is 11.5. The smallest absolute Gasteiger partial charge is 0.233 e. The number of nitrogens with one attached hydrogen (secondary N) is 1. The van der Waals surface area contributed by atoms with Crippen molar-refractivity contribution < 1.29 is 8.42 Å². The molecule has 0 aliphatic rings. The predicted octanol–water partition coefficient (Wildman–Crippen LogP) is 1.58. The number of anilines is 2. The maximum Gasteiger partial charge on any atom is 0.233 e. The van der Waals surface area contributed by atoms with Gasteiger partial charge in [0.25, 0.3) is 0 Å². The van der Waals surface area contributed by atoms with Gasteiger partial charge in [0.1, 0.15) is 0 Å². The summed E-state index contributed by atoms with van der Waals surface area (Å²) in [5, 5.41) is 0. The van der Waals surface area contributed by atoms with E-state index < -0.39 is 10.0 Å². The average Bonchev–Trinajstić information content (AvgIpc) is 2.09. The van der Waals surface area contributed by atoms with Crippen LogP contribution in [-0.4, -0.2) is 19.2 Å². The van der Waals surface area contributed by atoms with Crippen LogP contribution in [0, 0.1) is 0 Å².